The largest absolute Gasteiger partial charge is 0.573 e. The van der Waals surface area contributed by atoms with E-state index in [1.54, 1.807) is 41.1 Å². The van der Waals surface area contributed by atoms with Crippen LogP contribution in [0.2, 0.25) is 0 Å². The van der Waals surface area contributed by atoms with E-state index in [4.69, 9.17) is 10.00 Å². The highest BCUT2D eigenvalue weighted by molar-refractivity contribution is 5.99. The van der Waals surface area contributed by atoms with Gasteiger partial charge in [-0.15, -0.1) is 13.2 Å². The number of carbonyl (C=O) groups excluding carboxylic acids is 1. The molecular weight excluding hydrogens is 479 g/mol. The zero-order valence-corrected chi connectivity index (χ0v) is 19.2. The van der Waals surface area contributed by atoms with Crippen molar-refractivity contribution in [2.45, 2.75) is 19.3 Å². The minimum absolute atomic E-state index is 0.00211. The second-order valence-electron chi connectivity index (χ2n) is 8.07. The zero-order valence-electron chi connectivity index (χ0n) is 19.2. The number of hydrogen-bond donors (Lipinski definition) is 1. The minimum atomic E-state index is -4.86. The van der Waals surface area contributed by atoms with Gasteiger partial charge in [0, 0.05) is 26.3 Å². The van der Waals surface area contributed by atoms with E-state index in [0.717, 1.165) is 17.7 Å². The summed E-state index contributed by atoms with van der Waals surface area (Å²) in [6.45, 7) is 0.646. The molecule has 2 aromatic carbocycles. The first kappa shape index (κ1) is 24.9. The summed E-state index contributed by atoms with van der Waals surface area (Å²) in [4.78, 5) is 21.2. The summed E-state index contributed by atoms with van der Waals surface area (Å²) in [5, 5.41) is 18.3. The van der Waals surface area contributed by atoms with Gasteiger partial charge in [0.05, 0.1) is 24.8 Å². The van der Waals surface area contributed by atoms with Crippen molar-refractivity contribution in [1.82, 2.24) is 14.5 Å². The molecule has 1 aliphatic heterocycles. The molecular formula is C24H22F3N5O4. The lowest BCUT2D eigenvalue weighted by Gasteiger charge is -2.33. The Hall–Kier alpha value is -4.24. The molecule has 0 atom stereocenters. The van der Waals surface area contributed by atoms with Crippen molar-refractivity contribution in [1.29, 1.82) is 5.26 Å². The van der Waals surface area contributed by atoms with E-state index in [9.17, 15) is 23.1 Å². The predicted molar refractivity (Wildman–Crippen MR) is 122 cm³/mol. The molecule has 0 aliphatic carbocycles. The van der Waals surface area contributed by atoms with Gasteiger partial charge in [-0.25, -0.2) is 0 Å². The number of ether oxygens (including phenoxy) is 2. The first-order chi connectivity index (χ1) is 17.2. The molecule has 12 heteroatoms. The van der Waals surface area contributed by atoms with E-state index in [2.05, 4.69) is 9.72 Å². The molecule has 1 aliphatic rings. The molecule has 0 fully saturated rings. The Morgan fingerprint density at radius 1 is 1.17 bits per heavy atom. The number of nitriles is 1. The zero-order chi connectivity index (χ0) is 25.9. The lowest BCUT2D eigenvalue weighted by Crippen LogP contribution is -2.46. The van der Waals surface area contributed by atoms with Crippen molar-refractivity contribution >= 4 is 11.7 Å². The number of aromatic nitrogens is 2. The maximum atomic E-state index is 13.4. The summed E-state index contributed by atoms with van der Waals surface area (Å²) in [6, 6.07) is 13.8. The van der Waals surface area contributed by atoms with E-state index < -0.39 is 12.1 Å². The van der Waals surface area contributed by atoms with Crippen LogP contribution in [0.4, 0.5) is 19.0 Å². The normalized spacial score (nSPS) is 13.4. The second-order valence-corrected chi connectivity index (χ2v) is 8.07. The smallest absolute Gasteiger partial charge is 0.425 e. The number of rotatable bonds is 8. The molecule has 2 heterocycles. The van der Waals surface area contributed by atoms with Crippen LogP contribution in [0.25, 0.3) is 0 Å². The number of amides is 1. The SMILES string of the molecule is CN1CN(CCCO)C(=O)c2c1nc(Oc1cccc(OC(F)(F)F)c1)n2Cc1ccc(C#N)cc1. The predicted octanol–water partition coefficient (Wildman–Crippen LogP) is 3.73. The molecule has 0 bridgehead atoms. The third-order valence-corrected chi connectivity index (χ3v) is 5.41. The van der Waals surface area contributed by atoms with E-state index >= 15 is 0 Å². The highest BCUT2D eigenvalue weighted by Crippen LogP contribution is 2.34. The fourth-order valence-corrected chi connectivity index (χ4v) is 3.80. The lowest BCUT2D eigenvalue weighted by atomic mass is 10.1. The topological polar surface area (TPSA) is 104 Å². The van der Waals surface area contributed by atoms with Crippen molar-refractivity contribution in [3.05, 3.63) is 65.4 Å². The first-order valence-corrected chi connectivity index (χ1v) is 10.9. The molecule has 1 amide bonds. The van der Waals surface area contributed by atoms with Crippen LogP contribution < -0.4 is 14.4 Å². The fourth-order valence-electron chi connectivity index (χ4n) is 3.80. The van der Waals surface area contributed by atoms with Gasteiger partial charge >= 0.3 is 12.4 Å². The Balaban J connectivity index is 1.73. The quantitative estimate of drug-likeness (QED) is 0.502. The fraction of sp³-hybridized carbons (Fsp3) is 0.292. The van der Waals surface area contributed by atoms with Crippen molar-refractivity contribution in [3.8, 4) is 23.6 Å². The van der Waals surface area contributed by atoms with Gasteiger partial charge < -0.3 is 24.4 Å². The van der Waals surface area contributed by atoms with Crippen LogP contribution in [0.1, 0.15) is 28.0 Å². The number of anilines is 1. The van der Waals surface area contributed by atoms with Crippen LogP contribution in [-0.2, 0) is 6.54 Å². The minimum Gasteiger partial charge on any atom is -0.425 e. The van der Waals surface area contributed by atoms with Gasteiger partial charge in [-0.05, 0) is 36.2 Å². The molecule has 188 valence electrons. The number of hydrogen-bond acceptors (Lipinski definition) is 7. The Bertz CT molecular complexity index is 1280. The number of carbonyl (C=O) groups is 1. The van der Waals surface area contributed by atoms with Gasteiger partial charge in [0.25, 0.3) is 5.91 Å². The summed E-state index contributed by atoms with van der Waals surface area (Å²) in [5.41, 5.74) is 1.45. The Kier molecular flexibility index (Phi) is 7.03. The Labute approximate surface area is 204 Å². The van der Waals surface area contributed by atoms with Gasteiger partial charge in [0.2, 0.25) is 0 Å². The lowest BCUT2D eigenvalue weighted by molar-refractivity contribution is -0.274. The molecule has 0 radical (unpaired) electrons. The number of benzene rings is 2. The van der Waals surface area contributed by atoms with Gasteiger partial charge in [-0.2, -0.15) is 10.2 Å². The van der Waals surface area contributed by atoms with E-state index in [1.807, 2.05) is 6.07 Å². The number of nitrogens with zero attached hydrogens (tertiary/aromatic N) is 5. The average Bonchev–Trinajstić information content (AvgIpc) is 3.18. The third-order valence-electron chi connectivity index (χ3n) is 5.41. The molecule has 0 unspecified atom stereocenters. The van der Waals surface area contributed by atoms with Gasteiger partial charge in [-0.3, -0.25) is 9.36 Å². The van der Waals surface area contributed by atoms with Crippen molar-refractivity contribution in [3.63, 3.8) is 0 Å². The van der Waals surface area contributed by atoms with Gasteiger partial charge in [-0.1, -0.05) is 18.2 Å². The molecule has 0 saturated heterocycles. The standard InChI is InChI=1S/C24H22F3N5O4/c1-30-15-31(10-3-11-33)22(34)20-21(30)29-23(32(20)14-17-8-6-16(13-28)7-9-17)35-18-4-2-5-19(12-18)36-24(25,26)27/h2,4-9,12,33H,3,10-11,14-15H2,1H3. The summed E-state index contributed by atoms with van der Waals surface area (Å²) in [6.07, 6.45) is -4.47. The number of aliphatic hydroxyl groups is 1. The van der Waals surface area contributed by atoms with Gasteiger partial charge in [0.1, 0.15) is 11.5 Å². The monoisotopic (exact) mass is 501 g/mol. The maximum Gasteiger partial charge on any atom is 0.573 e. The van der Waals surface area contributed by atoms with E-state index in [0.29, 0.717) is 24.3 Å². The van der Waals surface area contributed by atoms with Crippen LogP contribution >= 0.6 is 0 Å². The molecule has 1 N–H and O–H groups in total. The molecule has 3 aromatic rings. The summed E-state index contributed by atoms with van der Waals surface area (Å²) < 4.78 is 49.4. The number of aliphatic hydroxyl groups excluding tert-OH is 1. The summed E-state index contributed by atoms with van der Waals surface area (Å²) in [7, 11) is 1.75. The van der Waals surface area contributed by atoms with Gasteiger partial charge in [0.15, 0.2) is 11.5 Å². The third kappa shape index (κ3) is 5.52. The first-order valence-electron chi connectivity index (χ1n) is 10.9. The van der Waals surface area contributed by atoms with Crippen LogP contribution in [0.5, 0.6) is 17.5 Å². The van der Waals surface area contributed by atoms with Crippen LogP contribution in [0.15, 0.2) is 48.5 Å². The molecule has 1 aromatic heterocycles. The molecule has 0 saturated carbocycles. The second kappa shape index (κ2) is 10.2. The maximum absolute atomic E-state index is 13.4. The Morgan fingerprint density at radius 2 is 1.89 bits per heavy atom. The number of imidazole rings is 1. The van der Waals surface area contributed by atoms with E-state index in [-0.39, 0.29) is 43.2 Å². The number of halogens is 3. The summed E-state index contributed by atoms with van der Waals surface area (Å²) >= 11 is 0. The van der Waals surface area contributed by atoms with E-state index in [1.165, 1.54) is 16.7 Å². The summed E-state index contributed by atoms with van der Waals surface area (Å²) in [5.74, 6) is -0.390. The Morgan fingerprint density at radius 3 is 2.56 bits per heavy atom. The molecule has 36 heavy (non-hydrogen) atoms. The highest BCUT2D eigenvalue weighted by atomic mass is 19.4. The highest BCUT2D eigenvalue weighted by Gasteiger charge is 2.35. The van der Waals surface area contributed by atoms with Crippen LogP contribution in [0, 0.1) is 11.3 Å². The average molecular weight is 501 g/mol. The molecule has 4 rings (SSSR count). The van der Waals surface area contributed by atoms with Crippen molar-refractivity contribution in [2.24, 2.45) is 0 Å². The molecule has 9 nitrogen and oxygen atoms in total. The van der Waals surface area contributed by atoms with Crippen molar-refractivity contribution < 1.29 is 32.5 Å². The van der Waals surface area contributed by atoms with Crippen LogP contribution in [0.3, 0.4) is 0 Å². The van der Waals surface area contributed by atoms with Crippen molar-refractivity contribution in [2.75, 3.05) is 31.8 Å². The van der Waals surface area contributed by atoms with Crippen LogP contribution in [-0.4, -0.2) is 58.7 Å². The number of alkyl halides is 3. The number of fused-ring (bicyclic) bond motifs is 1. The molecule has 0 spiro atoms.